The van der Waals surface area contributed by atoms with Crippen LogP contribution in [0.3, 0.4) is 0 Å². The monoisotopic (exact) mass is 587 g/mol. The van der Waals surface area contributed by atoms with Crippen LogP contribution in [0, 0.1) is 29.6 Å². The van der Waals surface area contributed by atoms with E-state index >= 15 is 0 Å². The molecule has 0 radical (unpaired) electrons. The molecule has 0 aromatic carbocycles. The van der Waals surface area contributed by atoms with Crippen molar-refractivity contribution in [1.29, 1.82) is 0 Å². The molecule has 2 rings (SSSR count). The van der Waals surface area contributed by atoms with Crippen LogP contribution in [0.15, 0.2) is 0 Å². The molecule has 2 fully saturated rings. The molecule has 2 unspecified atom stereocenters. The standard InChI is InChI=1S/C31H57NO9/c1-11-23-17(5)26(34)18(6)25(33)16(4)15-31(10,38)29(36)19(7)28(20(8)30(37)40-23)41-24-14-22(32(12-2)13-3)27(35)21(9)39-24/h16-24,26-29,34-36,38H,11-15H2,1-10H3/t16-,17+,18+,19+,20-,21?,22?,23-,24+,26+,27-,28+,29-,31-/m1/s1. The number of hydrogen-bond donors (Lipinski definition) is 4. The van der Waals surface area contributed by atoms with Crippen LogP contribution in [0.1, 0.15) is 88.5 Å². The number of cyclic esters (lactones) is 1. The normalized spacial score (nSPS) is 45.8. The molecule has 10 heteroatoms. The fourth-order valence-electron chi connectivity index (χ4n) is 6.88. The first-order valence-electron chi connectivity index (χ1n) is 15.6. The minimum Gasteiger partial charge on any atom is -0.462 e. The van der Waals surface area contributed by atoms with Crippen LogP contribution in [-0.4, -0.2) is 105 Å². The molecule has 41 heavy (non-hydrogen) atoms. The van der Waals surface area contributed by atoms with Crippen molar-refractivity contribution in [2.24, 2.45) is 29.6 Å². The van der Waals surface area contributed by atoms with Gasteiger partial charge >= 0.3 is 5.97 Å². The van der Waals surface area contributed by atoms with Crippen molar-refractivity contribution in [3.8, 4) is 0 Å². The Hall–Kier alpha value is -1.14. The number of aliphatic hydroxyl groups excluding tert-OH is 3. The highest BCUT2D eigenvalue weighted by molar-refractivity contribution is 5.83. The van der Waals surface area contributed by atoms with Gasteiger partial charge in [-0.25, -0.2) is 0 Å². The first kappa shape index (κ1) is 36.1. The minimum atomic E-state index is -1.69. The molecule has 0 spiro atoms. The van der Waals surface area contributed by atoms with Crippen LogP contribution in [0.4, 0.5) is 0 Å². The summed E-state index contributed by atoms with van der Waals surface area (Å²) >= 11 is 0. The summed E-state index contributed by atoms with van der Waals surface area (Å²) in [5.41, 5.74) is -1.69. The van der Waals surface area contributed by atoms with Gasteiger partial charge in [0.1, 0.15) is 11.9 Å². The molecule has 2 heterocycles. The van der Waals surface area contributed by atoms with E-state index in [0.717, 1.165) is 13.1 Å². The van der Waals surface area contributed by atoms with E-state index in [1.165, 1.54) is 6.92 Å². The third-order valence-electron chi connectivity index (χ3n) is 9.75. The lowest BCUT2D eigenvalue weighted by atomic mass is 9.75. The van der Waals surface area contributed by atoms with Gasteiger partial charge in [0.15, 0.2) is 6.29 Å². The molecule has 0 amide bonds. The van der Waals surface area contributed by atoms with E-state index in [9.17, 15) is 30.0 Å². The van der Waals surface area contributed by atoms with E-state index < -0.39 is 84.1 Å². The summed E-state index contributed by atoms with van der Waals surface area (Å²) in [7, 11) is 0. The lowest BCUT2D eigenvalue weighted by molar-refractivity contribution is -0.270. The molecule has 14 atom stereocenters. The number of carbonyl (C=O) groups is 2. The number of rotatable bonds is 6. The van der Waals surface area contributed by atoms with Crippen LogP contribution in [0.5, 0.6) is 0 Å². The molecule has 2 saturated heterocycles. The van der Waals surface area contributed by atoms with Gasteiger partial charge in [0, 0.05) is 36.1 Å². The van der Waals surface area contributed by atoms with E-state index in [1.54, 1.807) is 41.5 Å². The third-order valence-corrected chi connectivity index (χ3v) is 9.75. The maximum atomic E-state index is 13.6. The summed E-state index contributed by atoms with van der Waals surface area (Å²) in [5, 5.41) is 44.8. The summed E-state index contributed by atoms with van der Waals surface area (Å²) < 4.78 is 18.4. The van der Waals surface area contributed by atoms with E-state index in [4.69, 9.17) is 14.2 Å². The van der Waals surface area contributed by atoms with E-state index in [2.05, 4.69) is 4.90 Å². The van der Waals surface area contributed by atoms with Crippen molar-refractivity contribution in [3.63, 3.8) is 0 Å². The fourth-order valence-corrected chi connectivity index (χ4v) is 6.88. The van der Waals surface area contributed by atoms with Gasteiger partial charge in [-0.2, -0.15) is 0 Å². The molecule has 0 aromatic heterocycles. The average Bonchev–Trinajstić information content (AvgIpc) is 2.93. The third kappa shape index (κ3) is 8.28. The Bertz CT molecular complexity index is 847. The average molecular weight is 588 g/mol. The number of Topliss-reactive ketones (excluding diaryl/α,β-unsaturated/α-hetero) is 1. The van der Waals surface area contributed by atoms with Crippen molar-refractivity contribution < 1.29 is 44.2 Å². The van der Waals surface area contributed by atoms with Crippen LogP contribution in [-0.2, 0) is 23.8 Å². The molecular weight excluding hydrogens is 530 g/mol. The van der Waals surface area contributed by atoms with Crippen LogP contribution >= 0.6 is 0 Å². The minimum absolute atomic E-state index is 0.0290. The Morgan fingerprint density at radius 2 is 1.51 bits per heavy atom. The summed E-state index contributed by atoms with van der Waals surface area (Å²) in [4.78, 5) is 29.0. The highest BCUT2D eigenvalue weighted by Gasteiger charge is 2.47. The van der Waals surface area contributed by atoms with Crippen molar-refractivity contribution in [3.05, 3.63) is 0 Å². The largest absolute Gasteiger partial charge is 0.462 e. The van der Waals surface area contributed by atoms with Crippen LogP contribution in [0.2, 0.25) is 0 Å². The van der Waals surface area contributed by atoms with Crippen molar-refractivity contribution >= 4 is 11.8 Å². The van der Waals surface area contributed by atoms with Gasteiger partial charge < -0.3 is 34.6 Å². The molecule has 2 aliphatic rings. The second-order valence-corrected chi connectivity index (χ2v) is 12.9. The molecule has 4 N–H and O–H groups in total. The molecule has 2 aliphatic heterocycles. The highest BCUT2D eigenvalue weighted by Crippen LogP contribution is 2.36. The summed E-state index contributed by atoms with van der Waals surface area (Å²) in [5.74, 6) is -4.28. The van der Waals surface area contributed by atoms with E-state index in [-0.39, 0.29) is 18.2 Å². The summed E-state index contributed by atoms with van der Waals surface area (Å²) in [6.07, 6.45) is -5.21. The Morgan fingerprint density at radius 1 is 0.927 bits per heavy atom. The Morgan fingerprint density at radius 3 is 2.05 bits per heavy atom. The summed E-state index contributed by atoms with van der Waals surface area (Å²) in [6, 6.07) is -0.219. The van der Waals surface area contributed by atoms with Crippen molar-refractivity contribution in [1.82, 2.24) is 4.90 Å². The van der Waals surface area contributed by atoms with E-state index in [1.807, 2.05) is 20.8 Å². The zero-order chi connectivity index (χ0) is 31.4. The van der Waals surface area contributed by atoms with Gasteiger partial charge in [0.2, 0.25) is 0 Å². The van der Waals surface area contributed by atoms with Crippen LogP contribution in [0.25, 0.3) is 0 Å². The van der Waals surface area contributed by atoms with Gasteiger partial charge in [0.05, 0.1) is 42.0 Å². The molecule has 0 saturated carbocycles. The van der Waals surface area contributed by atoms with Crippen LogP contribution < -0.4 is 0 Å². The van der Waals surface area contributed by atoms with Gasteiger partial charge in [-0.05, 0) is 46.7 Å². The predicted octanol–water partition coefficient (Wildman–Crippen LogP) is 2.53. The number of ketones is 1. The smallest absolute Gasteiger partial charge is 0.311 e. The Labute approximate surface area is 246 Å². The second kappa shape index (κ2) is 15.0. The zero-order valence-corrected chi connectivity index (χ0v) is 26.8. The molecule has 0 aliphatic carbocycles. The lowest BCUT2D eigenvalue weighted by Gasteiger charge is -2.45. The quantitative estimate of drug-likeness (QED) is 0.342. The van der Waals surface area contributed by atoms with Gasteiger partial charge in [-0.3, -0.25) is 14.5 Å². The zero-order valence-electron chi connectivity index (χ0n) is 26.8. The van der Waals surface area contributed by atoms with Crippen molar-refractivity contribution in [2.75, 3.05) is 13.1 Å². The van der Waals surface area contributed by atoms with Gasteiger partial charge in [-0.1, -0.05) is 48.5 Å². The van der Waals surface area contributed by atoms with E-state index in [0.29, 0.717) is 12.8 Å². The maximum absolute atomic E-state index is 13.6. The molecule has 240 valence electrons. The number of ether oxygens (including phenoxy) is 3. The van der Waals surface area contributed by atoms with Crippen molar-refractivity contribution in [2.45, 2.75) is 143 Å². The molecular formula is C31H57NO9. The maximum Gasteiger partial charge on any atom is 0.311 e. The Balaban J connectivity index is 2.49. The lowest BCUT2D eigenvalue weighted by Crippen LogP contribution is -2.57. The number of nitrogens with zero attached hydrogens (tertiary/aromatic N) is 1. The fraction of sp³-hybridized carbons (Fsp3) is 0.935. The Kier molecular flexibility index (Phi) is 13.2. The number of esters is 1. The summed E-state index contributed by atoms with van der Waals surface area (Å²) in [6.45, 7) is 19.1. The van der Waals surface area contributed by atoms with Gasteiger partial charge in [-0.15, -0.1) is 0 Å². The molecule has 10 nitrogen and oxygen atoms in total. The van der Waals surface area contributed by atoms with Gasteiger partial charge in [0.25, 0.3) is 0 Å². The molecule has 0 bridgehead atoms. The molecule has 0 aromatic rings. The predicted molar refractivity (Wildman–Crippen MR) is 155 cm³/mol. The number of likely N-dealkylation sites (N-methyl/N-ethyl adjacent to an activating group) is 1. The number of carbonyl (C=O) groups excluding carboxylic acids is 2. The number of aliphatic hydroxyl groups is 4. The first-order valence-corrected chi connectivity index (χ1v) is 15.6. The topological polar surface area (TPSA) is 146 Å². The number of hydrogen-bond acceptors (Lipinski definition) is 10. The first-order chi connectivity index (χ1) is 19.0. The highest BCUT2D eigenvalue weighted by atomic mass is 16.7. The second-order valence-electron chi connectivity index (χ2n) is 12.9. The SMILES string of the molecule is CC[C@H]1OC(=O)[C@H](C)[C@@H](O[C@H]2CC(N(CC)CC)[C@H](O)C(C)O2)[C@H](C)[C@@H](O)[C@](C)(O)C[C@@H](C)C(=O)[C@H](C)[C@@H](O)[C@H]1C.